The maximum Gasteiger partial charge on any atom is 0.245 e. The van der Waals surface area contributed by atoms with Crippen LogP contribution in [0, 0.1) is 29.6 Å². The number of amides is 2. The molecule has 0 unspecified atom stereocenters. The van der Waals surface area contributed by atoms with Crippen LogP contribution in [-0.2, 0) is 9.59 Å². The van der Waals surface area contributed by atoms with E-state index < -0.39 is 12.1 Å². The lowest BCUT2D eigenvalue weighted by molar-refractivity contribution is -0.134. The first-order valence-electron chi connectivity index (χ1n) is 9.30. The van der Waals surface area contributed by atoms with Crippen molar-refractivity contribution in [3.8, 4) is 0 Å². The van der Waals surface area contributed by atoms with E-state index in [0.29, 0.717) is 11.8 Å². The van der Waals surface area contributed by atoms with Crippen LogP contribution in [-0.4, -0.2) is 35.1 Å². The average molecular weight is 320 g/mol. The molecule has 0 aromatic carbocycles. The van der Waals surface area contributed by atoms with E-state index in [1.54, 1.807) is 6.92 Å². The fraction of sp³-hybridized carbons (Fsp3) is 0.889. The Morgan fingerprint density at radius 3 is 2.04 bits per heavy atom. The molecule has 5 heteroatoms. The zero-order valence-electron chi connectivity index (χ0n) is 13.8. The van der Waals surface area contributed by atoms with E-state index in [1.807, 2.05) is 0 Å². The van der Waals surface area contributed by atoms with E-state index in [1.165, 1.54) is 32.1 Å². The van der Waals surface area contributed by atoms with Gasteiger partial charge in [0, 0.05) is 12.0 Å². The lowest BCUT2D eigenvalue weighted by Crippen LogP contribution is -2.60. The van der Waals surface area contributed by atoms with Crippen molar-refractivity contribution in [3.63, 3.8) is 0 Å². The number of rotatable bonds is 5. The molecule has 23 heavy (non-hydrogen) atoms. The van der Waals surface area contributed by atoms with Crippen molar-refractivity contribution in [2.45, 2.75) is 70.1 Å². The lowest BCUT2D eigenvalue weighted by atomic mass is 9.54. The Kier molecular flexibility index (Phi) is 3.87. The molecule has 2 atom stereocenters. The highest BCUT2D eigenvalue weighted by molar-refractivity contribution is 5.90. The van der Waals surface area contributed by atoms with Gasteiger partial charge in [-0.1, -0.05) is 0 Å². The molecular formula is C18H28N2O3. The molecular weight excluding hydrogens is 292 g/mol. The Morgan fingerprint density at radius 1 is 1.00 bits per heavy atom. The zero-order valence-corrected chi connectivity index (χ0v) is 13.8. The van der Waals surface area contributed by atoms with Gasteiger partial charge in [0.15, 0.2) is 0 Å². The van der Waals surface area contributed by atoms with Crippen LogP contribution in [0.4, 0.5) is 0 Å². The SMILES string of the molecule is C[C@@H](O)[C@H](NC(=O)C1CC1)C(=O)NC1C2CC3CC(C2)CC1C3. The second-order valence-corrected chi connectivity index (χ2v) is 8.47. The number of aliphatic hydroxyl groups excluding tert-OH is 1. The minimum Gasteiger partial charge on any atom is -0.391 e. The summed E-state index contributed by atoms with van der Waals surface area (Å²) in [5, 5.41) is 15.9. The van der Waals surface area contributed by atoms with Gasteiger partial charge in [0.25, 0.3) is 0 Å². The summed E-state index contributed by atoms with van der Waals surface area (Å²) in [6.45, 7) is 1.58. The third-order valence-electron chi connectivity index (χ3n) is 6.55. The van der Waals surface area contributed by atoms with Crippen LogP contribution in [0.2, 0.25) is 0 Å². The van der Waals surface area contributed by atoms with Crippen molar-refractivity contribution >= 4 is 11.8 Å². The first-order chi connectivity index (χ1) is 11.0. The van der Waals surface area contributed by atoms with Gasteiger partial charge in [-0.25, -0.2) is 0 Å². The minimum absolute atomic E-state index is 0.0465. The monoisotopic (exact) mass is 320 g/mol. The molecule has 0 saturated heterocycles. The molecule has 4 bridgehead atoms. The van der Waals surface area contributed by atoms with Crippen LogP contribution in [0.15, 0.2) is 0 Å². The number of aliphatic hydroxyl groups is 1. The zero-order chi connectivity index (χ0) is 16.1. The number of hydrogen-bond acceptors (Lipinski definition) is 3. The summed E-state index contributed by atoms with van der Waals surface area (Å²) in [6, 6.07) is -0.574. The third kappa shape index (κ3) is 3.00. The van der Waals surface area contributed by atoms with E-state index in [2.05, 4.69) is 10.6 Å². The van der Waals surface area contributed by atoms with Crippen LogP contribution in [0.5, 0.6) is 0 Å². The Labute approximate surface area is 137 Å². The van der Waals surface area contributed by atoms with Crippen molar-refractivity contribution in [1.82, 2.24) is 10.6 Å². The van der Waals surface area contributed by atoms with Crippen molar-refractivity contribution in [2.75, 3.05) is 0 Å². The van der Waals surface area contributed by atoms with Crippen LogP contribution in [0.1, 0.15) is 51.9 Å². The summed E-state index contributed by atoms with van der Waals surface area (Å²) >= 11 is 0. The predicted octanol–water partition coefficient (Wildman–Crippen LogP) is 1.20. The largest absolute Gasteiger partial charge is 0.391 e. The second kappa shape index (κ2) is 5.76. The first kappa shape index (κ1) is 15.4. The molecule has 0 aromatic heterocycles. The molecule has 2 amide bonds. The van der Waals surface area contributed by atoms with E-state index in [4.69, 9.17) is 0 Å². The molecule has 0 spiro atoms. The molecule has 5 saturated carbocycles. The van der Waals surface area contributed by atoms with Gasteiger partial charge in [0.2, 0.25) is 11.8 Å². The summed E-state index contributed by atoms with van der Waals surface area (Å²) in [7, 11) is 0. The Bertz CT molecular complexity index is 472. The van der Waals surface area contributed by atoms with Gasteiger partial charge >= 0.3 is 0 Å². The molecule has 0 aliphatic heterocycles. The second-order valence-electron chi connectivity index (χ2n) is 8.47. The predicted molar refractivity (Wildman–Crippen MR) is 85.3 cm³/mol. The average Bonchev–Trinajstić information content (AvgIpc) is 3.31. The maximum absolute atomic E-state index is 12.7. The van der Waals surface area contributed by atoms with Gasteiger partial charge in [0.05, 0.1) is 6.10 Å². The maximum atomic E-state index is 12.7. The molecule has 5 rings (SSSR count). The molecule has 0 heterocycles. The van der Waals surface area contributed by atoms with Gasteiger partial charge in [0.1, 0.15) is 6.04 Å². The number of hydrogen-bond donors (Lipinski definition) is 3. The number of carbonyl (C=O) groups is 2. The summed E-state index contributed by atoms with van der Waals surface area (Å²) in [5.41, 5.74) is 0. The van der Waals surface area contributed by atoms with Gasteiger partial charge in [-0.2, -0.15) is 0 Å². The van der Waals surface area contributed by atoms with Crippen molar-refractivity contribution < 1.29 is 14.7 Å². The first-order valence-corrected chi connectivity index (χ1v) is 9.30. The van der Waals surface area contributed by atoms with E-state index in [0.717, 1.165) is 24.7 Å². The molecule has 5 nitrogen and oxygen atoms in total. The fourth-order valence-corrected chi connectivity index (χ4v) is 5.44. The third-order valence-corrected chi connectivity index (χ3v) is 6.55. The summed E-state index contributed by atoms with van der Waals surface area (Å²) < 4.78 is 0. The van der Waals surface area contributed by atoms with Crippen molar-refractivity contribution in [2.24, 2.45) is 29.6 Å². The smallest absolute Gasteiger partial charge is 0.245 e. The van der Waals surface area contributed by atoms with Crippen molar-refractivity contribution in [1.29, 1.82) is 0 Å². The van der Waals surface area contributed by atoms with Gasteiger partial charge in [-0.05, 0) is 75.5 Å². The topological polar surface area (TPSA) is 78.4 Å². The molecule has 5 fully saturated rings. The Hall–Kier alpha value is -1.10. The molecule has 3 N–H and O–H groups in total. The normalized spacial score (nSPS) is 40.5. The number of nitrogens with one attached hydrogen (secondary N) is 2. The Balaban J connectivity index is 1.40. The fourth-order valence-electron chi connectivity index (χ4n) is 5.44. The molecule has 0 radical (unpaired) electrons. The van der Waals surface area contributed by atoms with Crippen LogP contribution >= 0.6 is 0 Å². The highest BCUT2D eigenvalue weighted by Crippen LogP contribution is 2.53. The lowest BCUT2D eigenvalue weighted by Gasteiger charge is -2.54. The quantitative estimate of drug-likeness (QED) is 0.712. The summed E-state index contributed by atoms with van der Waals surface area (Å²) in [4.78, 5) is 24.6. The van der Waals surface area contributed by atoms with Gasteiger partial charge < -0.3 is 15.7 Å². The van der Waals surface area contributed by atoms with E-state index in [9.17, 15) is 14.7 Å². The number of carbonyl (C=O) groups excluding carboxylic acids is 2. The van der Waals surface area contributed by atoms with Gasteiger partial charge in [-0.15, -0.1) is 0 Å². The van der Waals surface area contributed by atoms with E-state index >= 15 is 0 Å². The molecule has 128 valence electrons. The van der Waals surface area contributed by atoms with Crippen LogP contribution in [0.3, 0.4) is 0 Å². The van der Waals surface area contributed by atoms with E-state index in [-0.39, 0.29) is 23.8 Å². The van der Waals surface area contributed by atoms with Gasteiger partial charge in [-0.3, -0.25) is 9.59 Å². The molecule has 0 aromatic rings. The molecule has 5 aliphatic carbocycles. The van der Waals surface area contributed by atoms with Crippen LogP contribution in [0.25, 0.3) is 0 Å². The highest BCUT2D eigenvalue weighted by Gasteiger charge is 2.49. The Morgan fingerprint density at radius 2 is 1.57 bits per heavy atom. The summed E-state index contributed by atoms with van der Waals surface area (Å²) in [6.07, 6.45) is 7.29. The van der Waals surface area contributed by atoms with Crippen LogP contribution < -0.4 is 10.6 Å². The highest BCUT2D eigenvalue weighted by atomic mass is 16.3. The molecule has 5 aliphatic rings. The van der Waals surface area contributed by atoms with Crippen molar-refractivity contribution in [3.05, 3.63) is 0 Å². The summed E-state index contributed by atoms with van der Waals surface area (Å²) in [5.74, 6) is 2.70. The minimum atomic E-state index is -0.866. The standard InChI is InChI=1S/C18H28N2O3/c1-9(21)15(19-17(22)12-2-3-12)18(23)20-16-13-5-10-4-11(7-13)8-14(16)6-10/h9-16,21H,2-8H2,1H3,(H,19,22)(H,20,23)/t9-,10?,11?,13?,14?,15+,16?/m1/s1.